The smallest absolute Gasteiger partial charge is 0.214 e. The average Bonchev–Trinajstić information content (AvgIpc) is 3.31. The van der Waals surface area contributed by atoms with E-state index in [1.165, 1.54) is 4.31 Å². The molecule has 0 amide bonds. The van der Waals surface area contributed by atoms with E-state index in [9.17, 15) is 8.42 Å². The van der Waals surface area contributed by atoms with Gasteiger partial charge in [-0.3, -0.25) is 4.98 Å². The molecule has 1 aromatic heterocycles. The third kappa shape index (κ3) is 4.68. The third-order valence-corrected chi connectivity index (χ3v) is 5.34. The number of amidine groups is 1. The van der Waals surface area contributed by atoms with Crippen LogP contribution in [0.2, 0.25) is 0 Å². The van der Waals surface area contributed by atoms with Gasteiger partial charge in [0.25, 0.3) is 0 Å². The van der Waals surface area contributed by atoms with E-state index in [1.54, 1.807) is 12.4 Å². The SMILES string of the molecule is NC(CCN(C1CC1)S(=O)(=O)CCc1ccncc1)=NO. The predicted octanol–water partition coefficient (Wildman–Crippen LogP) is 0.555. The summed E-state index contributed by atoms with van der Waals surface area (Å²) in [5.41, 5.74) is 6.37. The molecule has 21 heavy (non-hydrogen) atoms. The van der Waals surface area contributed by atoms with Crippen LogP contribution in [0.4, 0.5) is 0 Å². The number of nitrogens with two attached hydrogens (primary N) is 1. The third-order valence-electron chi connectivity index (χ3n) is 3.43. The number of pyridine rings is 1. The molecule has 8 heteroatoms. The van der Waals surface area contributed by atoms with E-state index in [0.717, 1.165) is 18.4 Å². The van der Waals surface area contributed by atoms with Crippen molar-refractivity contribution in [1.82, 2.24) is 9.29 Å². The molecular formula is C13H20N4O3S. The summed E-state index contributed by atoms with van der Waals surface area (Å²) in [5.74, 6) is 0.105. The van der Waals surface area contributed by atoms with Gasteiger partial charge in [0.05, 0.1) is 5.75 Å². The van der Waals surface area contributed by atoms with Gasteiger partial charge in [0.15, 0.2) is 0 Å². The Hall–Kier alpha value is -1.67. The molecule has 0 aliphatic heterocycles. The number of sulfonamides is 1. The van der Waals surface area contributed by atoms with Gasteiger partial charge >= 0.3 is 0 Å². The number of hydrogen-bond acceptors (Lipinski definition) is 5. The normalized spacial score (nSPS) is 16.3. The maximum Gasteiger partial charge on any atom is 0.214 e. The Bertz CT molecular complexity index is 585. The van der Waals surface area contributed by atoms with Gasteiger partial charge in [-0.05, 0) is 37.0 Å². The van der Waals surface area contributed by atoms with Crippen molar-refractivity contribution in [3.63, 3.8) is 0 Å². The molecule has 0 bridgehead atoms. The lowest BCUT2D eigenvalue weighted by atomic mass is 10.2. The standard InChI is InChI=1S/C13H20N4O3S/c14-13(16-18)5-9-17(12-1-2-12)21(19,20)10-6-11-3-7-15-8-4-11/h3-4,7-8,12,18H,1-2,5-6,9-10H2,(H2,14,16). The fourth-order valence-corrected chi connectivity index (χ4v) is 3.86. The lowest BCUT2D eigenvalue weighted by molar-refractivity contribution is 0.315. The van der Waals surface area contributed by atoms with Gasteiger partial charge in [0.1, 0.15) is 5.84 Å². The molecule has 0 unspecified atom stereocenters. The second kappa shape index (κ2) is 6.86. The van der Waals surface area contributed by atoms with Crippen LogP contribution in [0.1, 0.15) is 24.8 Å². The molecule has 7 nitrogen and oxygen atoms in total. The van der Waals surface area contributed by atoms with Gasteiger partial charge in [-0.1, -0.05) is 5.16 Å². The van der Waals surface area contributed by atoms with Crippen molar-refractivity contribution in [3.8, 4) is 0 Å². The van der Waals surface area contributed by atoms with Crippen LogP contribution < -0.4 is 5.73 Å². The van der Waals surface area contributed by atoms with Crippen LogP contribution in [0.5, 0.6) is 0 Å². The van der Waals surface area contributed by atoms with Crippen molar-refractivity contribution in [2.45, 2.75) is 31.7 Å². The zero-order chi connectivity index (χ0) is 15.3. The first-order valence-corrected chi connectivity index (χ1v) is 8.48. The second-order valence-corrected chi connectivity index (χ2v) is 7.15. The molecular weight excluding hydrogens is 292 g/mol. The van der Waals surface area contributed by atoms with Crippen LogP contribution in [0.25, 0.3) is 0 Å². The number of aromatic nitrogens is 1. The zero-order valence-corrected chi connectivity index (χ0v) is 12.5. The van der Waals surface area contributed by atoms with E-state index in [4.69, 9.17) is 10.9 Å². The van der Waals surface area contributed by atoms with Crippen molar-refractivity contribution in [2.24, 2.45) is 10.9 Å². The second-order valence-electron chi connectivity index (χ2n) is 5.10. The summed E-state index contributed by atoms with van der Waals surface area (Å²) in [7, 11) is -3.34. The number of oxime groups is 1. The van der Waals surface area contributed by atoms with Gasteiger partial charge in [-0.25, -0.2) is 8.42 Å². The number of aryl methyl sites for hydroxylation is 1. The summed E-state index contributed by atoms with van der Waals surface area (Å²) >= 11 is 0. The fourth-order valence-electron chi connectivity index (χ4n) is 2.10. The molecule has 0 saturated heterocycles. The van der Waals surface area contributed by atoms with Gasteiger partial charge in [0.2, 0.25) is 10.0 Å². The van der Waals surface area contributed by atoms with E-state index in [2.05, 4.69) is 10.1 Å². The molecule has 1 aliphatic rings. The number of rotatable bonds is 8. The predicted molar refractivity (Wildman–Crippen MR) is 79.5 cm³/mol. The maximum absolute atomic E-state index is 12.5. The monoisotopic (exact) mass is 312 g/mol. The number of hydrogen-bond donors (Lipinski definition) is 2. The Morgan fingerprint density at radius 1 is 1.43 bits per heavy atom. The maximum atomic E-state index is 12.5. The molecule has 1 saturated carbocycles. The minimum Gasteiger partial charge on any atom is -0.409 e. The van der Waals surface area contributed by atoms with Crippen molar-refractivity contribution in [1.29, 1.82) is 0 Å². The first-order chi connectivity index (χ1) is 10.0. The highest BCUT2D eigenvalue weighted by Gasteiger charge is 2.36. The Morgan fingerprint density at radius 2 is 2.10 bits per heavy atom. The molecule has 116 valence electrons. The first-order valence-electron chi connectivity index (χ1n) is 6.88. The Labute approximate surface area is 124 Å². The van der Waals surface area contributed by atoms with E-state index in [-0.39, 0.29) is 30.6 Å². The Morgan fingerprint density at radius 3 is 2.67 bits per heavy atom. The van der Waals surface area contributed by atoms with Crippen molar-refractivity contribution < 1.29 is 13.6 Å². The van der Waals surface area contributed by atoms with Crippen molar-refractivity contribution in [3.05, 3.63) is 30.1 Å². The fraction of sp³-hybridized carbons (Fsp3) is 0.538. The summed E-state index contributed by atoms with van der Waals surface area (Å²) < 4.78 is 26.4. The molecule has 0 aromatic carbocycles. The molecule has 0 radical (unpaired) electrons. The van der Waals surface area contributed by atoms with Crippen LogP contribution in [-0.2, 0) is 16.4 Å². The summed E-state index contributed by atoms with van der Waals surface area (Å²) in [4.78, 5) is 3.91. The van der Waals surface area contributed by atoms with E-state index >= 15 is 0 Å². The molecule has 1 aromatic rings. The van der Waals surface area contributed by atoms with Crippen molar-refractivity contribution in [2.75, 3.05) is 12.3 Å². The van der Waals surface area contributed by atoms with Crippen LogP contribution >= 0.6 is 0 Å². The van der Waals surface area contributed by atoms with Crippen LogP contribution in [0, 0.1) is 0 Å². The molecule has 1 aliphatic carbocycles. The van der Waals surface area contributed by atoms with Crippen LogP contribution in [0.3, 0.4) is 0 Å². The van der Waals surface area contributed by atoms with E-state index < -0.39 is 10.0 Å². The Kier molecular flexibility index (Phi) is 5.13. The van der Waals surface area contributed by atoms with Crippen LogP contribution in [0.15, 0.2) is 29.7 Å². The van der Waals surface area contributed by atoms with Gasteiger partial charge in [-0.2, -0.15) is 4.31 Å². The topological polar surface area (TPSA) is 109 Å². The van der Waals surface area contributed by atoms with Gasteiger partial charge < -0.3 is 10.9 Å². The molecule has 0 atom stereocenters. The van der Waals surface area contributed by atoms with Crippen LogP contribution in [-0.4, -0.2) is 47.1 Å². The largest absolute Gasteiger partial charge is 0.409 e. The minimum atomic E-state index is -3.34. The summed E-state index contributed by atoms with van der Waals surface area (Å²) in [6, 6.07) is 3.69. The van der Waals surface area contributed by atoms with Crippen molar-refractivity contribution >= 4 is 15.9 Å². The lowest BCUT2D eigenvalue weighted by Gasteiger charge is -2.21. The lowest BCUT2D eigenvalue weighted by Crippen LogP contribution is -2.37. The zero-order valence-electron chi connectivity index (χ0n) is 11.7. The van der Waals surface area contributed by atoms with Gasteiger partial charge in [-0.15, -0.1) is 0 Å². The van der Waals surface area contributed by atoms with E-state index in [1.807, 2.05) is 12.1 Å². The van der Waals surface area contributed by atoms with E-state index in [0.29, 0.717) is 6.42 Å². The number of nitrogens with zero attached hydrogens (tertiary/aromatic N) is 3. The molecule has 2 rings (SSSR count). The average molecular weight is 312 g/mol. The quantitative estimate of drug-likeness (QED) is 0.315. The molecule has 1 fully saturated rings. The summed E-state index contributed by atoms with van der Waals surface area (Å²) in [6.07, 6.45) is 5.76. The highest BCUT2D eigenvalue weighted by Crippen LogP contribution is 2.29. The minimum absolute atomic E-state index is 0.0463. The first kappa shape index (κ1) is 15.7. The summed E-state index contributed by atoms with van der Waals surface area (Å²) in [6.45, 7) is 0.263. The van der Waals surface area contributed by atoms with Gasteiger partial charge in [0, 0.05) is 31.4 Å². The molecule has 0 spiro atoms. The molecule has 3 N–H and O–H groups in total. The molecule has 1 heterocycles. The highest BCUT2D eigenvalue weighted by atomic mass is 32.2. The Balaban J connectivity index is 1.97. The summed E-state index contributed by atoms with van der Waals surface area (Å²) in [5, 5.41) is 11.4. The highest BCUT2D eigenvalue weighted by molar-refractivity contribution is 7.89.